The van der Waals surface area contributed by atoms with Crippen molar-refractivity contribution < 1.29 is 23.8 Å². The highest BCUT2D eigenvalue weighted by atomic mass is 16.5. The predicted octanol–water partition coefficient (Wildman–Crippen LogP) is 1.46. The number of amides is 1. The van der Waals surface area contributed by atoms with Crippen LogP contribution in [-0.4, -0.2) is 37.2 Å². The van der Waals surface area contributed by atoms with Crippen LogP contribution in [0.2, 0.25) is 0 Å². The average molecular weight is 331 g/mol. The number of hydrogen-bond acceptors (Lipinski definition) is 5. The van der Waals surface area contributed by atoms with Crippen LogP contribution in [0.25, 0.3) is 0 Å². The quantitative estimate of drug-likeness (QED) is 0.514. The van der Waals surface area contributed by atoms with E-state index in [9.17, 15) is 9.59 Å². The molecule has 0 saturated heterocycles. The van der Waals surface area contributed by atoms with Crippen LogP contribution in [0.3, 0.4) is 0 Å². The molecule has 1 aliphatic heterocycles. The van der Waals surface area contributed by atoms with Crippen LogP contribution in [0.1, 0.15) is 26.3 Å². The van der Waals surface area contributed by atoms with Gasteiger partial charge >= 0.3 is 11.9 Å². The fourth-order valence-corrected chi connectivity index (χ4v) is 2.32. The zero-order valence-electron chi connectivity index (χ0n) is 14.1. The fourth-order valence-electron chi connectivity index (χ4n) is 2.32. The second kappa shape index (κ2) is 7.73. The van der Waals surface area contributed by atoms with Gasteiger partial charge in [-0.25, -0.2) is 4.79 Å². The molecule has 0 saturated carbocycles. The molecule has 1 heterocycles. The van der Waals surface area contributed by atoms with Crippen LogP contribution in [0.4, 0.5) is 0 Å². The minimum atomic E-state index is -0.907. The van der Waals surface area contributed by atoms with Gasteiger partial charge < -0.3 is 19.5 Å². The van der Waals surface area contributed by atoms with Crippen LogP contribution in [0, 0.1) is 11.8 Å². The highest BCUT2D eigenvalue weighted by Gasteiger charge is 2.32. The van der Waals surface area contributed by atoms with Crippen molar-refractivity contribution >= 4 is 11.9 Å². The van der Waals surface area contributed by atoms with Crippen molar-refractivity contribution in [1.82, 2.24) is 5.32 Å². The summed E-state index contributed by atoms with van der Waals surface area (Å²) in [6.45, 7) is 6.07. The van der Waals surface area contributed by atoms with Crippen molar-refractivity contribution in [3.63, 3.8) is 0 Å². The molecular formula is C18H21NO5. The predicted molar refractivity (Wildman–Crippen MR) is 87.8 cm³/mol. The summed E-state index contributed by atoms with van der Waals surface area (Å²) < 4.78 is 16.1. The van der Waals surface area contributed by atoms with Crippen LogP contribution in [-0.2, 0) is 20.7 Å². The number of nitrogens with one attached hydrogen (secondary N) is 1. The minimum Gasteiger partial charge on any atom is -0.483 e. The van der Waals surface area contributed by atoms with Gasteiger partial charge in [0.25, 0.3) is 0 Å². The molecule has 0 fully saturated rings. The summed E-state index contributed by atoms with van der Waals surface area (Å²) in [4.78, 5) is 22.4. The number of esters is 1. The molecule has 0 unspecified atom stereocenters. The summed E-state index contributed by atoms with van der Waals surface area (Å²) in [7, 11) is 0. The maximum absolute atomic E-state index is 11.3. The lowest BCUT2D eigenvalue weighted by atomic mass is 10.0. The third-order valence-electron chi connectivity index (χ3n) is 3.28. The van der Waals surface area contributed by atoms with E-state index < -0.39 is 11.9 Å². The Balaban J connectivity index is 1.80. The highest BCUT2D eigenvalue weighted by Crippen LogP contribution is 2.41. The number of carbonyl (C=O) groups excluding carboxylic acids is 2. The number of hydrogen-bond donors (Lipinski definition) is 1. The zero-order valence-corrected chi connectivity index (χ0v) is 14.1. The van der Waals surface area contributed by atoms with Gasteiger partial charge in [-0.2, -0.15) is 0 Å². The number of fused-ring (bicyclic) bond motifs is 1. The molecule has 0 radical (unpaired) electrons. The van der Waals surface area contributed by atoms with Crippen molar-refractivity contribution in [2.24, 2.45) is 0 Å². The van der Waals surface area contributed by atoms with Crippen molar-refractivity contribution in [2.75, 3.05) is 19.8 Å². The summed E-state index contributed by atoms with van der Waals surface area (Å²) in [6, 6.07) is 5.78. The maximum Gasteiger partial charge on any atom is 0.396 e. The van der Waals surface area contributed by atoms with Crippen molar-refractivity contribution in [2.45, 2.75) is 32.8 Å². The van der Waals surface area contributed by atoms with E-state index in [-0.39, 0.29) is 25.4 Å². The monoisotopic (exact) mass is 331 g/mol. The molecule has 1 aromatic carbocycles. The molecule has 1 aromatic rings. The fraction of sp³-hybridized carbons (Fsp3) is 0.444. The van der Waals surface area contributed by atoms with Crippen molar-refractivity contribution in [1.29, 1.82) is 0 Å². The zero-order chi connectivity index (χ0) is 17.6. The minimum absolute atomic E-state index is 0.0530. The summed E-state index contributed by atoms with van der Waals surface area (Å²) in [5, 5.41) is 2.35. The maximum atomic E-state index is 11.3. The van der Waals surface area contributed by atoms with E-state index in [0.29, 0.717) is 5.75 Å². The summed E-state index contributed by atoms with van der Waals surface area (Å²) in [5.74, 6) is 5.20. The molecule has 0 bridgehead atoms. The number of rotatable bonds is 4. The Hall–Kier alpha value is -2.68. The van der Waals surface area contributed by atoms with Gasteiger partial charge in [-0.3, -0.25) is 4.79 Å². The van der Waals surface area contributed by atoms with Crippen LogP contribution in [0.5, 0.6) is 11.5 Å². The SMILES string of the molecule is CCOC(=O)C(=O)NCC#CCOc1cccc2c1OC(C)(C)C2. The van der Waals surface area contributed by atoms with Gasteiger partial charge in [0.1, 0.15) is 12.2 Å². The molecular weight excluding hydrogens is 310 g/mol. The molecule has 0 atom stereocenters. The Morgan fingerprint density at radius 2 is 2.12 bits per heavy atom. The summed E-state index contributed by atoms with van der Waals surface area (Å²) in [6.07, 6.45) is 0.838. The Bertz CT molecular complexity index is 684. The number of para-hydroxylation sites is 1. The molecule has 24 heavy (non-hydrogen) atoms. The van der Waals surface area contributed by atoms with Crippen LogP contribution < -0.4 is 14.8 Å². The normalized spacial score (nSPS) is 13.8. The highest BCUT2D eigenvalue weighted by molar-refractivity contribution is 6.32. The smallest absolute Gasteiger partial charge is 0.396 e. The lowest BCUT2D eigenvalue weighted by Gasteiger charge is -2.17. The molecule has 1 N–H and O–H groups in total. The number of carbonyl (C=O) groups is 2. The molecule has 2 rings (SSSR count). The van der Waals surface area contributed by atoms with Crippen molar-refractivity contribution in [3.8, 4) is 23.3 Å². The first kappa shape index (κ1) is 17.7. The third kappa shape index (κ3) is 4.66. The molecule has 0 aromatic heterocycles. The van der Waals surface area contributed by atoms with Crippen LogP contribution >= 0.6 is 0 Å². The van der Waals surface area contributed by atoms with Gasteiger partial charge in [-0.1, -0.05) is 24.0 Å². The average Bonchev–Trinajstić information content (AvgIpc) is 2.85. The van der Waals surface area contributed by atoms with Crippen molar-refractivity contribution in [3.05, 3.63) is 23.8 Å². The van der Waals surface area contributed by atoms with Gasteiger partial charge in [0.2, 0.25) is 0 Å². The largest absolute Gasteiger partial charge is 0.483 e. The topological polar surface area (TPSA) is 73.9 Å². The first-order valence-electron chi connectivity index (χ1n) is 7.77. The van der Waals surface area contributed by atoms with E-state index in [1.165, 1.54) is 0 Å². The molecule has 0 spiro atoms. The van der Waals surface area contributed by atoms with Gasteiger partial charge in [0.05, 0.1) is 13.2 Å². The van der Waals surface area contributed by atoms with E-state index in [2.05, 4.69) is 21.9 Å². The number of ether oxygens (including phenoxy) is 3. The molecule has 0 aliphatic carbocycles. The third-order valence-corrected chi connectivity index (χ3v) is 3.28. The Morgan fingerprint density at radius 1 is 1.33 bits per heavy atom. The Morgan fingerprint density at radius 3 is 2.88 bits per heavy atom. The van der Waals surface area contributed by atoms with Gasteiger partial charge in [-0.05, 0) is 26.8 Å². The van der Waals surface area contributed by atoms with Gasteiger partial charge in [-0.15, -0.1) is 0 Å². The van der Waals surface area contributed by atoms with Gasteiger partial charge in [0.15, 0.2) is 11.5 Å². The second-order valence-electron chi connectivity index (χ2n) is 5.83. The van der Waals surface area contributed by atoms with E-state index >= 15 is 0 Å². The lowest BCUT2D eigenvalue weighted by molar-refractivity contribution is -0.154. The standard InChI is InChI=1S/C18H21NO5/c1-4-22-17(21)16(20)19-10-5-6-11-23-14-9-7-8-13-12-18(2,3)24-15(13)14/h7-9H,4,10-12H2,1-3H3,(H,19,20). The first-order valence-corrected chi connectivity index (χ1v) is 7.77. The van der Waals surface area contributed by atoms with Gasteiger partial charge in [0, 0.05) is 12.0 Å². The summed E-state index contributed by atoms with van der Waals surface area (Å²) >= 11 is 0. The second-order valence-corrected chi connectivity index (χ2v) is 5.83. The lowest BCUT2D eigenvalue weighted by Crippen LogP contribution is -2.32. The van der Waals surface area contributed by atoms with E-state index in [1.54, 1.807) is 6.92 Å². The molecule has 1 aliphatic rings. The number of benzene rings is 1. The van der Waals surface area contributed by atoms with E-state index in [0.717, 1.165) is 17.7 Å². The Labute approximate surface area is 141 Å². The van der Waals surface area contributed by atoms with E-state index in [4.69, 9.17) is 9.47 Å². The van der Waals surface area contributed by atoms with Crippen LogP contribution in [0.15, 0.2) is 18.2 Å². The molecule has 6 nitrogen and oxygen atoms in total. The molecule has 6 heteroatoms. The van der Waals surface area contributed by atoms with E-state index in [1.807, 2.05) is 32.0 Å². The molecule has 128 valence electrons. The molecule has 1 amide bonds. The first-order chi connectivity index (χ1) is 11.4. The Kier molecular flexibility index (Phi) is 5.69. The summed E-state index contributed by atoms with van der Waals surface area (Å²) in [5.41, 5.74) is 0.886.